The lowest BCUT2D eigenvalue weighted by Gasteiger charge is -2.18. The van der Waals surface area contributed by atoms with Gasteiger partial charge < -0.3 is 14.5 Å². The van der Waals surface area contributed by atoms with Gasteiger partial charge in [-0.1, -0.05) is 0 Å². The third-order valence-electron chi connectivity index (χ3n) is 4.78. The molecule has 1 unspecified atom stereocenters. The number of anilines is 1. The highest BCUT2D eigenvalue weighted by Gasteiger charge is 2.28. The highest BCUT2D eigenvalue weighted by Crippen LogP contribution is 2.23. The van der Waals surface area contributed by atoms with Crippen molar-refractivity contribution in [3.8, 4) is 5.88 Å². The van der Waals surface area contributed by atoms with E-state index in [0.29, 0.717) is 18.8 Å². The fraction of sp³-hybridized carbons (Fsp3) is 0.500. The first-order chi connectivity index (χ1) is 12.3. The summed E-state index contributed by atoms with van der Waals surface area (Å²) in [5.74, 6) is 1.71. The second kappa shape index (κ2) is 7.39. The Balaban J connectivity index is 1.33. The van der Waals surface area contributed by atoms with Crippen molar-refractivity contribution in [3.63, 3.8) is 0 Å². The Labute approximate surface area is 151 Å². The van der Waals surface area contributed by atoms with Crippen LogP contribution >= 0.6 is 11.3 Å². The lowest BCUT2D eigenvalue weighted by atomic mass is 10.2. The van der Waals surface area contributed by atoms with Crippen LogP contribution in [-0.2, 0) is 11.2 Å². The van der Waals surface area contributed by atoms with Gasteiger partial charge in [-0.3, -0.25) is 4.79 Å². The number of thiophene rings is 1. The number of carbonyl (C=O) groups is 1. The van der Waals surface area contributed by atoms with Gasteiger partial charge in [0.15, 0.2) is 0 Å². The molecule has 0 spiro atoms. The van der Waals surface area contributed by atoms with Gasteiger partial charge in [0.2, 0.25) is 11.8 Å². The molecule has 2 aliphatic heterocycles. The average Bonchev–Trinajstić information content (AvgIpc) is 3.38. The monoisotopic (exact) mass is 358 g/mol. The molecule has 4 heterocycles. The van der Waals surface area contributed by atoms with Gasteiger partial charge in [0.1, 0.15) is 18.2 Å². The molecular formula is C18H22N4O2S. The number of nitrogens with zero attached hydrogens (tertiary/aromatic N) is 4. The summed E-state index contributed by atoms with van der Waals surface area (Å²) in [7, 11) is 0. The number of hydrogen-bond acceptors (Lipinski definition) is 6. The highest BCUT2D eigenvalue weighted by atomic mass is 32.1. The Morgan fingerprint density at radius 2 is 2.16 bits per heavy atom. The molecule has 0 radical (unpaired) electrons. The van der Waals surface area contributed by atoms with Crippen LogP contribution in [0.2, 0.25) is 0 Å². The molecule has 4 rings (SSSR count). The van der Waals surface area contributed by atoms with Crippen molar-refractivity contribution in [1.29, 1.82) is 0 Å². The first-order valence-corrected chi connectivity index (χ1v) is 9.75. The summed E-state index contributed by atoms with van der Waals surface area (Å²) in [5, 5.41) is 4.04. The molecule has 132 valence electrons. The van der Waals surface area contributed by atoms with E-state index >= 15 is 0 Å². The predicted molar refractivity (Wildman–Crippen MR) is 97.1 cm³/mol. The van der Waals surface area contributed by atoms with Crippen LogP contribution in [0.3, 0.4) is 0 Å². The molecule has 2 aromatic rings. The maximum Gasteiger partial charge on any atom is 0.227 e. The molecule has 0 N–H and O–H groups in total. The number of carbonyl (C=O) groups excluding carboxylic acids is 1. The van der Waals surface area contributed by atoms with Crippen LogP contribution < -0.4 is 9.64 Å². The standard InChI is InChI=1S/C18H22N4O2S/c23-18(9-14-4-8-25-12-14)22-7-3-15(11-22)24-17-10-16(19-13-20-17)21-5-1-2-6-21/h4,8,10,12-13,15H,1-3,5-7,9,11H2. The molecule has 0 bridgehead atoms. The predicted octanol–water partition coefficient (Wildman–Crippen LogP) is 2.36. The summed E-state index contributed by atoms with van der Waals surface area (Å²) in [6, 6.07) is 3.93. The Morgan fingerprint density at radius 1 is 1.28 bits per heavy atom. The zero-order valence-corrected chi connectivity index (χ0v) is 15.0. The van der Waals surface area contributed by atoms with Crippen LogP contribution in [0.25, 0.3) is 0 Å². The van der Waals surface area contributed by atoms with Crippen molar-refractivity contribution in [1.82, 2.24) is 14.9 Å². The Morgan fingerprint density at radius 3 is 2.96 bits per heavy atom. The molecule has 25 heavy (non-hydrogen) atoms. The zero-order chi connectivity index (χ0) is 17.1. The van der Waals surface area contributed by atoms with Gasteiger partial charge in [-0.15, -0.1) is 0 Å². The molecule has 6 nitrogen and oxygen atoms in total. The van der Waals surface area contributed by atoms with E-state index in [9.17, 15) is 4.79 Å². The van der Waals surface area contributed by atoms with E-state index in [1.165, 1.54) is 12.8 Å². The number of likely N-dealkylation sites (tertiary alicyclic amines) is 1. The molecule has 1 amide bonds. The molecular weight excluding hydrogens is 336 g/mol. The van der Waals surface area contributed by atoms with Crippen molar-refractivity contribution in [3.05, 3.63) is 34.8 Å². The molecule has 2 aromatic heterocycles. The van der Waals surface area contributed by atoms with E-state index in [1.807, 2.05) is 27.8 Å². The van der Waals surface area contributed by atoms with Gasteiger partial charge in [-0.25, -0.2) is 9.97 Å². The van der Waals surface area contributed by atoms with Gasteiger partial charge in [0, 0.05) is 32.1 Å². The summed E-state index contributed by atoms with van der Waals surface area (Å²) in [6.45, 7) is 3.47. The van der Waals surface area contributed by atoms with Crippen LogP contribution in [0, 0.1) is 0 Å². The number of ether oxygens (including phenoxy) is 1. The Bertz CT molecular complexity index is 716. The summed E-state index contributed by atoms with van der Waals surface area (Å²) >= 11 is 1.62. The third kappa shape index (κ3) is 3.92. The van der Waals surface area contributed by atoms with Crippen molar-refractivity contribution >= 4 is 23.1 Å². The average molecular weight is 358 g/mol. The van der Waals surface area contributed by atoms with E-state index in [-0.39, 0.29) is 12.0 Å². The fourth-order valence-corrected chi connectivity index (χ4v) is 4.08. The maximum absolute atomic E-state index is 12.4. The summed E-state index contributed by atoms with van der Waals surface area (Å²) in [5.41, 5.74) is 1.09. The van der Waals surface area contributed by atoms with Crippen LogP contribution in [-0.4, -0.2) is 53.1 Å². The first kappa shape index (κ1) is 16.3. The lowest BCUT2D eigenvalue weighted by Crippen LogP contribution is -2.32. The van der Waals surface area contributed by atoms with Gasteiger partial charge in [0.05, 0.1) is 13.0 Å². The third-order valence-corrected chi connectivity index (χ3v) is 5.51. The largest absolute Gasteiger partial charge is 0.472 e. The molecule has 1 atom stereocenters. The van der Waals surface area contributed by atoms with Gasteiger partial charge in [-0.05, 0) is 35.2 Å². The van der Waals surface area contributed by atoms with Gasteiger partial charge in [-0.2, -0.15) is 11.3 Å². The molecule has 2 saturated heterocycles. The van der Waals surface area contributed by atoms with Crippen LogP contribution in [0.5, 0.6) is 5.88 Å². The number of aromatic nitrogens is 2. The summed E-state index contributed by atoms with van der Waals surface area (Å²) < 4.78 is 6.02. The van der Waals surface area contributed by atoms with Crippen LogP contribution in [0.4, 0.5) is 5.82 Å². The first-order valence-electron chi connectivity index (χ1n) is 8.80. The summed E-state index contributed by atoms with van der Waals surface area (Å²) in [4.78, 5) is 25.1. The molecule has 0 saturated carbocycles. The van der Waals surface area contributed by atoms with Crippen molar-refractivity contribution < 1.29 is 9.53 Å². The number of rotatable bonds is 5. The SMILES string of the molecule is O=C(Cc1ccsc1)N1CCC(Oc2cc(N3CCCC3)ncn2)C1. The van der Waals surface area contributed by atoms with E-state index in [0.717, 1.165) is 37.4 Å². The minimum Gasteiger partial charge on any atom is -0.472 e. The van der Waals surface area contributed by atoms with E-state index in [2.05, 4.69) is 14.9 Å². The number of amides is 1. The second-order valence-electron chi connectivity index (χ2n) is 6.59. The van der Waals surface area contributed by atoms with Crippen molar-refractivity contribution in [2.45, 2.75) is 31.8 Å². The zero-order valence-electron chi connectivity index (χ0n) is 14.1. The lowest BCUT2D eigenvalue weighted by molar-refractivity contribution is -0.129. The van der Waals surface area contributed by atoms with E-state index in [4.69, 9.17) is 4.74 Å². The topological polar surface area (TPSA) is 58.6 Å². The Hall–Kier alpha value is -2.15. The maximum atomic E-state index is 12.4. The highest BCUT2D eigenvalue weighted by molar-refractivity contribution is 7.08. The molecule has 2 fully saturated rings. The van der Waals surface area contributed by atoms with Crippen LogP contribution in [0.15, 0.2) is 29.2 Å². The van der Waals surface area contributed by atoms with Crippen molar-refractivity contribution in [2.75, 3.05) is 31.1 Å². The quantitative estimate of drug-likeness (QED) is 0.821. The minimum atomic E-state index is 0.00718. The molecule has 2 aliphatic rings. The fourth-order valence-electron chi connectivity index (χ4n) is 3.41. The van der Waals surface area contributed by atoms with Crippen molar-refractivity contribution in [2.24, 2.45) is 0 Å². The number of hydrogen-bond donors (Lipinski definition) is 0. The summed E-state index contributed by atoms with van der Waals surface area (Å²) in [6.07, 6.45) is 5.32. The second-order valence-corrected chi connectivity index (χ2v) is 7.37. The Kier molecular flexibility index (Phi) is 4.83. The van der Waals surface area contributed by atoms with Gasteiger partial charge >= 0.3 is 0 Å². The minimum absolute atomic E-state index is 0.00718. The van der Waals surface area contributed by atoms with E-state index < -0.39 is 0 Å². The van der Waals surface area contributed by atoms with E-state index in [1.54, 1.807) is 17.7 Å². The normalized spacial score (nSPS) is 20.2. The van der Waals surface area contributed by atoms with Crippen LogP contribution in [0.1, 0.15) is 24.8 Å². The van der Waals surface area contributed by atoms with Gasteiger partial charge in [0.25, 0.3) is 0 Å². The molecule has 0 aliphatic carbocycles. The molecule has 7 heteroatoms. The molecule has 0 aromatic carbocycles. The smallest absolute Gasteiger partial charge is 0.227 e.